The maximum Gasteiger partial charge on any atom is 0.303 e. The van der Waals surface area contributed by atoms with E-state index >= 15 is 0 Å². The van der Waals surface area contributed by atoms with E-state index in [1.165, 1.54) is 5.56 Å². The highest BCUT2D eigenvalue weighted by atomic mass is 16.5. The fourth-order valence-corrected chi connectivity index (χ4v) is 3.64. The highest BCUT2D eigenvalue weighted by Gasteiger charge is 2.23. The zero-order valence-corrected chi connectivity index (χ0v) is 19.1. The van der Waals surface area contributed by atoms with Crippen LogP contribution in [-0.4, -0.2) is 42.5 Å². The maximum absolute atomic E-state index is 12.2. The van der Waals surface area contributed by atoms with Gasteiger partial charge in [-0.1, -0.05) is 18.2 Å². The van der Waals surface area contributed by atoms with Crippen molar-refractivity contribution in [1.82, 2.24) is 10.7 Å². The number of aliphatic carboxylic acids is 1. The van der Waals surface area contributed by atoms with Crippen LogP contribution < -0.4 is 21.9 Å². The zero-order valence-electron chi connectivity index (χ0n) is 19.1. The van der Waals surface area contributed by atoms with Crippen molar-refractivity contribution in [1.29, 1.82) is 0 Å². The Morgan fingerprint density at radius 2 is 1.97 bits per heavy atom. The minimum absolute atomic E-state index is 0.00606. The highest BCUT2D eigenvalue weighted by molar-refractivity contribution is 5.93. The Balaban J connectivity index is 1.72. The van der Waals surface area contributed by atoms with Crippen LogP contribution in [0.1, 0.15) is 50.0 Å². The van der Waals surface area contributed by atoms with Crippen LogP contribution in [0.2, 0.25) is 0 Å². The summed E-state index contributed by atoms with van der Waals surface area (Å²) in [6, 6.07) is 12.8. The Kier molecular flexibility index (Phi) is 11.7. The third-order valence-corrected chi connectivity index (χ3v) is 5.31. The Bertz CT molecular complexity index is 925. The summed E-state index contributed by atoms with van der Waals surface area (Å²) in [4.78, 5) is 30.9. The van der Waals surface area contributed by atoms with Gasteiger partial charge in [0.15, 0.2) is 6.61 Å². The molecule has 0 unspecified atom stereocenters. The normalized spacial score (nSPS) is 17.9. The van der Waals surface area contributed by atoms with Crippen LogP contribution in [0, 0.1) is 18.0 Å². The number of allylic oxidation sites excluding steroid dienone is 1. The molecule has 0 heterocycles. The number of carboxylic acid groups (broad SMARTS) is 1. The first-order valence-electron chi connectivity index (χ1n) is 11.1. The van der Waals surface area contributed by atoms with Crippen molar-refractivity contribution in [3.05, 3.63) is 42.5 Å². The molecule has 0 bridgehead atoms. The first-order chi connectivity index (χ1) is 16.5. The van der Waals surface area contributed by atoms with E-state index in [-0.39, 0.29) is 37.5 Å². The second-order valence-corrected chi connectivity index (χ2v) is 7.79. The molecule has 1 fully saturated rings. The second kappa shape index (κ2) is 15.1. The lowest BCUT2D eigenvalue weighted by Gasteiger charge is -2.28. The van der Waals surface area contributed by atoms with Crippen LogP contribution in [0.15, 0.2) is 46.9 Å². The topological polar surface area (TPSA) is 150 Å². The molecule has 2 rings (SSSR count). The number of amidine groups is 1. The fourth-order valence-electron chi connectivity index (χ4n) is 3.64. The average Bonchev–Trinajstić information content (AvgIpc) is 2.83. The lowest BCUT2D eigenvalue weighted by molar-refractivity contribution is -0.138. The number of anilines is 1. The molecule has 0 aliphatic heterocycles. The molecule has 10 heteroatoms. The fraction of sp³-hybridized carbons (Fsp3) is 0.417. The van der Waals surface area contributed by atoms with Gasteiger partial charge in [-0.25, -0.2) is 15.8 Å². The minimum atomic E-state index is -0.722. The van der Waals surface area contributed by atoms with E-state index < -0.39 is 5.97 Å². The van der Waals surface area contributed by atoms with Crippen molar-refractivity contribution in [2.24, 2.45) is 21.7 Å². The summed E-state index contributed by atoms with van der Waals surface area (Å²) < 4.78 is 5.27. The number of hydrogen-bond donors (Lipinski definition) is 5. The number of carboxylic acids is 1. The Morgan fingerprint density at radius 3 is 2.62 bits per heavy atom. The molecule has 0 aromatic heterocycles. The first kappa shape index (κ1) is 26.4. The van der Waals surface area contributed by atoms with Gasteiger partial charge in [-0.15, -0.1) is 6.58 Å². The van der Waals surface area contributed by atoms with Gasteiger partial charge in [0, 0.05) is 30.8 Å². The van der Waals surface area contributed by atoms with Gasteiger partial charge in [0.2, 0.25) is 0 Å². The molecule has 10 nitrogen and oxygen atoms in total. The quantitative estimate of drug-likeness (QED) is 0.0517. The van der Waals surface area contributed by atoms with Gasteiger partial charge in [0.05, 0.1) is 6.04 Å². The molecular formula is C24H32N6O4. The summed E-state index contributed by atoms with van der Waals surface area (Å²) in [5, 5.41) is 14.4. The molecule has 1 aromatic rings. The van der Waals surface area contributed by atoms with Crippen LogP contribution in [-0.2, 0) is 14.3 Å². The third-order valence-electron chi connectivity index (χ3n) is 5.31. The third kappa shape index (κ3) is 10.2. The van der Waals surface area contributed by atoms with Gasteiger partial charge in [0.25, 0.3) is 5.91 Å². The number of nitrogens with two attached hydrogens (primary N) is 1. The number of carbonyl (C=O) groups excluding carboxylic acids is 1. The van der Waals surface area contributed by atoms with Crippen molar-refractivity contribution in [2.75, 3.05) is 18.6 Å². The minimum Gasteiger partial charge on any atom is -0.481 e. The molecular weight excluding hydrogens is 436 g/mol. The molecule has 0 spiro atoms. The smallest absolute Gasteiger partial charge is 0.303 e. The maximum atomic E-state index is 12.2. The molecule has 1 saturated carbocycles. The van der Waals surface area contributed by atoms with Gasteiger partial charge in [-0.05, 0) is 55.2 Å². The summed E-state index contributed by atoms with van der Waals surface area (Å²) in [6.45, 7) is 3.41. The summed E-state index contributed by atoms with van der Waals surface area (Å²) in [7, 11) is 0. The van der Waals surface area contributed by atoms with Crippen LogP contribution in [0.5, 0.6) is 0 Å². The number of ether oxygens (including phenoxy) is 1. The molecule has 1 amide bonds. The average molecular weight is 469 g/mol. The monoisotopic (exact) mass is 468 g/mol. The number of aliphatic imine (C=N–C) groups is 2. The van der Waals surface area contributed by atoms with Gasteiger partial charge in [-0.3, -0.25) is 15.0 Å². The van der Waals surface area contributed by atoms with E-state index in [9.17, 15) is 9.59 Å². The van der Waals surface area contributed by atoms with Crippen molar-refractivity contribution in [3.8, 4) is 12.1 Å². The van der Waals surface area contributed by atoms with Gasteiger partial charge in [-0.2, -0.15) is 0 Å². The number of hydrazine groups is 1. The summed E-state index contributed by atoms with van der Waals surface area (Å²) in [5.74, 6) is 4.98. The standard InChI is InChI=1S/C24H32N6O4/c1-2-3-12-26-13-14-27-17-28-24(30-25)34-16-22(31)29-21-10-8-20(9-11-21)19-6-4-18(5-7-19)15-23(32)33/h2,8-12,18-19,27H,1,3-7,15-17,25H2,(H,28,30)(H,29,31)(H,32,33). The molecule has 0 radical (unpaired) electrons. The largest absolute Gasteiger partial charge is 0.481 e. The number of benzene rings is 1. The van der Waals surface area contributed by atoms with Crippen LogP contribution >= 0.6 is 0 Å². The number of nitrogens with one attached hydrogen (secondary N) is 3. The van der Waals surface area contributed by atoms with Crippen LogP contribution in [0.4, 0.5) is 5.69 Å². The number of rotatable bonds is 10. The molecule has 34 heavy (non-hydrogen) atoms. The number of amides is 1. The van der Waals surface area contributed by atoms with Gasteiger partial charge < -0.3 is 20.5 Å². The zero-order chi connectivity index (χ0) is 24.6. The predicted molar refractivity (Wildman–Crippen MR) is 132 cm³/mol. The summed E-state index contributed by atoms with van der Waals surface area (Å²) >= 11 is 0. The molecule has 1 aromatic carbocycles. The molecule has 1 aliphatic carbocycles. The van der Waals surface area contributed by atoms with E-state index in [2.05, 4.69) is 44.7 Å². The van der Waals surface area contributed by atoms with Crippen LogP contribution in [0.3, 0.4) is 0 Å². The predicted octanol–water partition coefficient (Wildman–Crippen LogP) is 2.32. The van der Waals surface area contributed by atoms with Gasteiger partial charge in [0.1, 0.15) is 6.67 Å². The molecule has 182 valence electrons. The Labute approximate surface area is 199 Å². The molecule has 0 atom stereocenters. The molecule has 1 aliphatic rings. The number of carbonyl (C=O) groups is 2. The highest BCUT2D eigenvalue weighted by Crippen LogP contribution is 2.37. The van der Waals surface area contributed by atoms with E-state index in [1.54, 1.807) is 12.3 Å². The van der Waals surface area contributed by atoms with Crippen molar-refractivity contribution >= 4 is 29.8 Å². The number of hydrogen-bond acceptors (Lipinski definition) is 7. The van der Waals surface area contributed by atoms with E-state index in [0.29, 0.717) is 18.0 Å². The van der Waals surface area contributed by atoms with Crippen molar-refractivity contribution in [3.63, 3.8) is 0 Å². The molecule has 6 N–H and O–H groups in total. The van der Waals surface area contributed by atoms with Gasteiger partial charge >= 0.3 is 12.0 Å². The number of nitrogens with zero attached hydrogens (tertiary/aromatic N) is 2. The summed E-state index contributed by atoms with van der Waals surface area (Å²) in [6.07, 6.45) is 8.05. The lowest BCUT2D eigenvalue weighted by atomic mass is 9.77. The van der Waals surface area contributed by atoms with Crippen LogP contribution in [0.25, 0.3) is 0 Å². The Hall–Kier alpha value is -3.84. The first-order valence-corrected chi connectivity index (χ1v) is 11.1. The SMILES string of the molecule is C=CCC=NC#CNC/N=C(\NN)OCC(=O)Nc1ccc(C2CCC(CC(=O)O)CC2)cc1. The molecule has 0 saturated heterocycles. The summed E-state index contributed by atoms with van der Waals surface area (Å²) in [5.41, 5.74) is 4.14. The second-order valence-electron chi connectivity index (χ2n) is 7.79. The lowest BCUT2D eigenvalue weighted by Crippen LogP contribution is -2.35. The van der Waals surface area contributed by atoms with E-state index in [0.717, 1.165) is 25.7 Å². The van der Waals surface area contributed by atoms with E-state index in [4.69, 9.17) is 15.7 Å². The van der Waals surface area contributed by atoms with E-state index in [1.807, 2.05) is 24.3 Å². The Morgan fingerprint density at radius 1 is 1.24 bits per heavy atom. The van der Waals surface area contributed by atoms with Crippen molar-refractivity contribution < 1.29 is 19.4 Å². The van der Waals surface area contributed by atoms with Crippen molar-refractivity contribution in [2.45, 2.75) is 44.4 Å².